The molecule has 6 nitrogen and oxygen atoms in total. The number of aromatic nitrogens is 1. The number of fused-ring (bicyclic) bond motifs is 1. The van der Waals surface area contributed by atoms with Gasteiger partial charge in [0.25, 0.3) is 0 Å². The molecule has 0 bridgehead atoms. The van der Waals surface area contributed by atoms with Crippen LogP contribution in [0.15, 0.2) is 35.1 Å². The summed E-state index contributed by atoms with van der Waals surface area (Å²) in [6, 6.07) is 0.699. The number of nitrogens with one attached hydrogen (secondary N) is 1. The first-order valence-corrected chi connectivity index (χ1v) is 9.97. The van der Waals surface area contributed by atoms with Gasteiger partial charge in [-0.25, -0.2) is 4.98 Å². The molecule has 0 aliphatic carbocycles. The number of nitrogens with zero attached hydrogens (tertiary/aromatic N) is 4. The van der Waals surface area contributed by atoms with E-state index < -0.39 is 0 Å². The van der Waals surface area contributed by atoms with Crippen molar-refractivity contribution in [3.8, 4) is 0 Å². The van der Waals surface area contributed by atoms with Crippen molar-refractivity contribution in [2.24, 2.45) is 10.9 Å². The SMILES string of the molecule is CC(=O)Nc1ncc(CN2CCC(CC3=CC4C(C=CN4C)N=C3)C2)s1. The van der Waals surface area contributed by atoms with Crippen LogP contribution in [0.25, 0.3) is 0 Å². The van der Waals surface area contributed by atoms with Gasteiger partial charge in [0.05, 0.1) is 12.1 Å². The molecule has 0 radical (unpaired) electrons. The lowest BCUT2D eigenvalue weighted by Gasteiger charge is -2.25. The molecule has 3 aliphatic rings. The minimum Gasteiger partial charge on any atom is -0.372 e. The first kappa shape index (κ1) is 17.4. The van der Waals surface area contributed by atoms with Crippen molar-refractivity contribution in [1.29, 1.82) is 0 Å². The number of amides is 1. The average molecular weight is 372 g/mol. The highest BCUT2D eigenvalue weighted by atomic mass is 32.1. The minimum atomic E-state index is -0.0695. The fourth-order valence-electron chi connectivity index (χ4n) is 3.96. The number of thiazole rings is 1. The lowest BCUT2D eigenvalue weighted by molar-refractivity contribution is -0.114. The summed E-state index contributed by atoms with van der Waals surface area (Å²) < 4.78 is 0. The van der Waals surface area contributed by atoms with E-state index in [4.69, 9.17) is 4.99 Å². The molecule has 1 N–H and O–H groups in total. The summed E-state index contributed by atoms with van der Waals surface area (Å²) in [6.07, 6.45) is 13.0. The molecule has 1 aromatic rings. The highest BCUT2D eigenvalue weighted by Crippen LogP contribution is 2.29. The molecule has 3 atom stereocenters. The molecule has 3 aliphatic heterocycles. The Kier molecular flexibility index (Phi) is 4.91. The molecule has 4 heterocycles. The van der Waals surface area contributed by atoms with Gasteiger partial charge in [-0.1, -0.05) is 6.08 Å². The van der Waals surface area contributed by atoms with E-state index >= 15 is 0 Å². The van der Waals surface area contributed by atoms with Crippen LogP contribution in [0.1, 0.15) is 24.6 Å². The van der Waals surface area contributed by atoms with Crippen LogP contribution in [-0.2, 0) is 11.3 Å². The van der Waals surface area contributed by atoms with Gasteiger partial charge in [-0.05, 0) is 43.2 Å². The number of likely N-dealkylation sites (tertiary alicyclic amines) is 1. The van der Waals surface area contributed by atoms with E-state index in [2.05, 4.69) is 51.7 Å². The maximum Gasteiger partial charge on any atom is 0.223 e. The number of likely N-dealkylation sites (N-methyl/N-ethyl adjacent to an activating group) is 1. The van der Waals surface area contributed by atoms with Gasteiger partial charge in [0.2, 0.25) is 5.91 Å². The topological polar surface area (TPSA) is 60.8 Å². The highest BCUT2D eigenvalue weighted by Gasteiger charge is 2.29. The maximum atomic E-state index is 11.1. The molecule has 1 aromatic heterocycles. The summed E-state index contributed by atoms with van der Waals surface area (Å²) in [5.41, 5.74) is 1.37. The van der Waals surface area contributed by atoms with Crippen LogP contribution < -0.4 is 5.32 Å². The molecule has 4 rings (SSSR count). The van der Waals surface area contributed by atoms with Gasteiger partial charge < -0.3 is 10.2 Å². The Labute approximate surface area is 158 Å². The van der Waals surface area contributed by atoms with Crippen LogP contribution in [0, 0.1) is 5.92 Å². The van der Waals surface area contributed by atoms with E-state index in [-0.39, 0.29) is 5.91 Å². The smallest absolute Gasteiger partial charge is 0.223 e. The van der Waals surface area contributed by atoms with Crippen LogP contribution in [-0.4, -0.2) is 59.1 Å². The minimum absolute atomic E-state index is 0.0695. The van der Waals surface area contributed by atoms with Crippen LogP contribution in [0.2, 0.25) is 0 Å². The molecule has 1 fully saturated rings. The zero-order valence-electron chi connectivity index (χ0n) is 15.3. The second-order valence-electron chi connectivity index (χ2n) is 7.41. The molecule has 0 aromatic carbocycles. The number of allylic oxidation sites excluding steroid dienone is 1. The fourth-order valence-corrected chi connectivity index (χ4v) is 4.86. The van der Waals surface area contributed by atoms with E-state index in [9.17, 15) is 4.79 Å². The first-order valence-electron chi connectivity index (χ1n) is 9.15. The Morgan fingerprint density at radius 3 is 3.19 bits per heavy atom. The summed E-state index contributed by atoms with van der Waals surface area (Å²) >= 11 is 1.57. The predicted octanol–water partition coefficient (Wildman–Crippen LogP) is 2.52. The molecule has 1 saturated heterocycles. The van der Waals surface area contributed by atoms with E-state index in [1.807, 2.05) is 6.20 Å². The zero-order chi connectivity index (χ0) is 18.1. The van der Waals surface area contributed by atoms with Crippen molar-refractivity contribution >= 4 is 28.6 Å². The summed E-state index contributed by atoms with van der Waals surface area (Å²) in [4.78, 5) is 26.0. The second kappa shape index (κ2) is 7.32. The Bertz CT molecular complexity index is 768. The summed E-state index contributed by atoms with van der Waals surface area (Å²) in [5.74, 6) is 0.617. The third-order valence-corrected chi connectivity index (χ3v) is 6.14. The third-order valence-electron chi connectivity index (χ3n) is 5.25. The van der Waals surface area contributed by atoms with Crippen LogP contribution >= 0.6 is 11.3 Å². The lowest BCUT2D eigenvalue weighted by Crippen LogP contribution is -2.32. The van der Waals surface area contributed by atoms with Crippen molar-refractivity contribution < 1.29 is 4.79 Å². The number of carbonyl (C=O) groups is 1. The standard InChI is InChI=1S/C19H25N5OS/c1-13(25)22-19-21-10-16(26-19)12-24-6-3-14(11-24)7-15-8-18-17(20-9-15)4-5-23(18)2/h4-5,8-10,14,17-18H,3,6-7,11-12H2,1-2H3,(H,21,22,25). The lowest BCUT2D eigenvalue weighted by atomic mass is 9.94. The van der Waals surface area contributed by atoms with E-state index in [1.54, 1.807) is 11.3 Å². The summed E-state index contributed by atoms with van der Waals surface area (Å²) in [5, 5.41) is 3.44. The van der Waals surface area contributed by atoms with Crippen molar-refractivity contribution in [1.82, 2.24) is 14.8 Å². The Morgan fingerprint density at radius 2 is 2.35 bits per heavy atom. The molecule has 3 unspecified atom stereocenters. The third kappa shape index (κ3) is 3.88. The van der Waals surface area contributed by atoms with Gasteiger partial charge in [0, 0.05) is 44.3 Å². The summed E-state index contributed by atoms with van der Waals surface area (Å²) in [6.45, 7) is 4.66. The van der Waals surface area contributed by atoms with Gasteiger partial charge >= 0.3 is 0 Å². The zero-order valence-corrected chi connectivity index (χ0v) is 16.1. The van der Waals surface area contributed by atoms with E-state index in [0.717, 1.165) is 26.1 Å². The molecule has 0 saturated carbocycles. The van der Waals surface area contributed by atoms with Crippen LogP contribution in [0.4, 0.5) is 5.13 Å². The normalized spacial score (nSPS) is 27.7. The average Bonchev–Trinajstić information content (AvgIpc) is 3.30. The molecule has 1 amide bonds. The van der Waals surface area contributed by atoms with Crippen molar-refractivity contribution in [3.63, 3.8) is 0 Å². The van der Waals surface area contributed by atoms with Gasteiger partial charge in [0.15, 0.2) is 5.13 Å². The first-order chi connectivity index (χ1) is 12.6. The maximum absolute atomic E-state index is 11.1. The molecular weight excluding hydrogens is 346 g/mol. The van der Waals surface area contributed by atoms with Crippen LogP contribution in [0.3, 0.4) is 0 Å². The number of dihydropyridines is 1. The Balaban J connectivity index is 1.29. The highest BCUT2D eigenvalue weighted by molar-refractivity contribution is 7.15. The van der Waals surface area contributed by atoms with Crippen molar-refractivity contribution in [2.75, 3.05) is 25.5 Å². The summed E-state index contributed by atoms with van der Waals surface area (Å²) in [7, 11) is 2.12. The second-order valence-corrected chi connectivity index (χ2v) is 8.53. The predicted molar refractivity (Wildman–Crippen MR) is 105 cm³/mol. The quantitative estimate of drug-likeness (QED) is 0.864. The molecule has 138 valence electrons. The molecule has 26 heavy (non-hydrogen) atoms. The molecule has 7 heteroatoms. The monoisotopic (exact) mass is 371 g/mol. The number of hydrogen-bond donors (Lipinski definition) is 1. The number of aliphatic imine (C=N–C) groups is 1. The van der Waals surface area contributed by atoms with Crippen molar-refractivity contribution in [2.45, 2.75) is 38.4 Å². The molecule has 0 spiro atoms. The van der Waals surface area contributed by atoms with Gasteiger partial charge in [-0.3, -0.25) is 14.7 Å². The largest absolute Gasteiger partial charge is 0.372 e. The number of anilines is 1. The molecular formula is C19H25N5OS. The van der Waals surface area contributed by atoms with Gasteiger partial charge in [-0.2, -0.15) is 0 Å². The number of hydrogen-bond acceptors (Lipinski definition) is 6. The Hall–Kier alpha value is -1.99. The Morgan fingerprint density at radius 1 is 1.46 bits per heavy atom. The van der Waals surface area contributed by atoms with E-state index in [0.29, 0.717) is 23.1 Å². The van der Waals surface area contributed by atoms with Gasteiger partial charge in [0.1, 0.15) is 0 Å². The number of carbonyl (C=O) groups excluding carboxylic acids is 1. The van der Waals surface area contributed by atoms with Crippen LogP contribution in [0.5, 0.6) is 0 Å². The number of rotatable bonds is 5. The van der Waals surface area contributed by atoms with Gasteiger partial charge in [-0.15, -0.1) is 11.3 Å². The fraction of sp³-hybridized carbons (Fsp3) is 0.526. The van der Waals surface area contributed by atoms with E-state index in [1.165, 1.54) is 23.8 Å². The van der Waals surface area contributed by atoms with Crippen molar-refractivity contribution in [3.05, 3.63) is 35.0 Å².